The van der Waals surface area contributed by atoms with Crippen molar-refractivity contribution >= 4 is 21.6 Å². The van der Waals surface area contributed by atoms with Crippen LogP contribution in [0.15, 0.2) is 36.4 Å². The fourth-order valence-corrected chi connectivity index (χ4v) is 4.39. The molecule has 2 aromatic carbocycles. The van der Waals surface area contributed by atoms with Gasteiger partial charge in [0.2, 0.25) is 15.9 Å². The molecule has 0 unspecified atom stereocenters. The molecule has 0 heterocycles. The summed E-state index contributed by atoms with van der Waals surface area (Å²) in [5.41, 5.74) is 4.47. The number of hydrogen-bond acceptors (Lipinski definition) is 4. The quantitative estimate of drug-likeness (QED) is 0.668. The van der Waals surface area contributed by atoms with Crippen molar-refractivity contribution in [2.45, 2.75) is 40.7 Å². The summed E-state index contributed by atoms with van der Waals surface area (Å²) in [6.45, 7) is 9.90. The number of hydrogen-bond donors (Lipinski definition) is 1. The second kappa shape index (κ2) is 9.31. The highest BCUT2D eigenvalue weighted by molar-refractivity contribution is 7.92. The van der Waals surface area contributed by atoms with Crippen molar-refractivity contribution in [2.24, 2.45) is 0 Å². The molecule has 0 aliphatic carbocycles. The van der Waals surface area contributed by atoms with E-state index in [1.54, 1.807) is 19.1 Å². The molecule has 0 spiro atoms. The third-order valence-electron chi connectivity index (χ3n) is 4.55. The van der Waals surface area contributed by atoms with E-state index in [-0.39, 0.29) is 12.5 Å². The van der Waals surface area contributed by atoms with Gasteiger partial charge >= 0.3 is 0 Å². The Morgan fingerprint density at radius 3 is 2.24 bits per heavy atom. The lowest BCUT2D eigenvalue weighted by Crippen LogP contribution is -2.48. The second-order valence-corrected chi connectivity index (χ2v) is 9.35. The van der Waals surface area contributed by atoms with Gasteiger partial charge in [-0.2, -0.15) is 0 Å². The van der Waals surface area contributed by atoms with Crippen LogP contribution in [0.5, 0.6) is 5.75 Å². The molecule has 0 saturated carbocycles. The van der Waals surface area contributed by atoms with Gasteiger partial charge in [-0.15, -0.1) is 0 Å². The van der Waals surface area contributed by atoms with Crippen LogP contribution in [0.25, 0.3) is 0 Å². The van der Waals surface area contributed by atoms with Crippen molar-refractivity contribution in [3.8, 4) is 5.75 Å². The number of anilines is 1. The van der Waals surface area contributed by atoms with Crippen LogP contribution in [0.2, 0.25) is 0 Å². The minimum atomic E-state index is -3.64. The normalized spacial score (nSPS) is 12.3. The summed E-state index contributed by atoms with van der Waals surface area (Å²) in [4.78, 5) is 12.6. The van der Waals surface area contributed by atoms with E-state index in [0.717, 1.165) is 38.6 Å². The summed E-state index contributed by atoms with van der Waals surface area (Å²) in [7, 11) is -3.64. The Bertz CT molecular complexity index is 966. The Morgan fingerprint density at radius 2 is 1.66 bits per heavy atom. The third-order valence-corrected chi connectivity index (χ3v) is 5.79. The predicted molar refractivity (Wildman–Crippen MR) is 117 cm³/mol. The molecule has 6 nitrogen and oxygen atoms in total. The maximum Gasteiger partial charge on any atom is 0.243 e. The van der Waals surface area contributed by atoms with Crippen LogP contribution in [0.3, 0.4) is 0 Å². The van der Waals surface area contributed by atoms with Crippen LogP contribution in [0.4, 0.5) is 5.69 Å². The first-order valence-electron chi connectivity index (χ1n) is 9.54. The van der Waals surface area contributed by atoms with Gasteiger partial charge in [-0.3, -0.25) is 9.10 Å². The first-order valence-corrected chi connectivity index (χ1v) is 11.4. The largest absolute Gasteiger partial charge is 0.491 e. The highest BCUT2D eigenvalue weighted by Gasteiger charge is 2.29. The van der Waals surface area contributed by atoms with Crippen LogP contribution in [-0.4, -0.2) is 39.8 Å². The van der Waals surface area contributed by atoms with E-state index >= 15 is 0 Å². The lowest BCUT2D eigenvalue weighted by atomic mass is 10.1. The van der Waals surface area contributed by atoms with E-state index in [0.29, 0.717) is 12.3 Å². The zero-order valence-electron chi connectivity index (χ0n) is 17.9. The Hall–Kier alpha value is -2.54. The molecule has 0 saturated heterocycles. The average molecular weight is 419 g/mol. The molecule has 1 N–H and O–H groups in total. The van der Waals surface area contributed by atoms with Gasteiger partial charge in [0.15, 0.2) is 0 Å². The average Bonchev–Trinajstić information content (AvgIpc) is 2.59. The molecule has 0 aliphatic heterocycles. The number of nitrogens with one attached hydrogen (secondary N) is 1. The molecule has 0 aromatic heterocycles. The van der Waals surface area contributed by atoms with Crippen molar-refractivity contribution in [1.29, 1.82) is 0 Å². The van der Waals surface area contributed by atoms with Gasteiger partial charge in [0.1, 0.15) is 18.4 Å². The molecule has 0 aliphatic rings. The van der Waals surface area contributed by atoms with E-state index in [4.69, 9.17) is 4.74 Å². The lowest BCUT2D eigenvalue weighted by molar-refractivity contribution is -0.121. The number of benzene rings is 2. The first-order chi connectivity index (χ1) is 13.5. The van der Waals surface area contributed by atoms with E-state index in [2.05, 4.69) is 5.32 Å². The second-order valence-electron chi connectivity index (χ2n) is 7.49. The van der Waals surface area contributed by atoms with Crippen LogP contribution >= 0.6 is 0 Å². The maximum atomic E-state index is 12.6. The first kappa shape index (κ1) is 22.7. The molecular weight excluding hydrogens is 388 g/mol. The minimum absolute atomic E-state index is 0.279. The van der Waals surface area contributed by atoms with Gasteiger partial charge in [0.25, 0.3) is 0 Å². The van der Waals surface area contributed by atoms with Crippen LogP contribution < -0.4 is 14.4 Å². The Labute approximate surface area is 173 Å². The smallest absolute Gasteiger partial charge is 0.243 e. The van der Waals surface area contributed by atoms with Gasteiger partial charge in [-0.25, -0.2) is 8.42 Å². The number of rotatable bonds is 8. The number of amides is 1. The fraction of sp³-hybridized carbons (Fsp3) is 0.409. The molecule has 158 valence electrons. The van der Waals surface area contributed by atoms with Gasteiger partial charge in [-0.1, -0.05) is 18.2 Å². The highest BCUT2D eigenvalue weighted by atomic mass is 32.2. The monoisotopic (exact) mass is 418 g/mol. The Balaban J connectivity index is 2.05. The molecule has 0 fully saturated rings. The van der Waals surface area contributed by atoms with Crippen molar-refractivity contribution < 1.29 is 17.9 Å². The number of ether oxygens (including phenoxy) is 1. The molecule has 0 radical (unpaired) electrons. The van der Waals surface area contributed by atoms with E-state index in [1.165, 1.54) is 0 Å². The summed E-state index contributed by atoms with van der Waals surface area (Å²) < 4.78 is 31.7. The summed E-state index contributed by atoms with van der Waals surface area (Å²) in [5.74, 6) is 0.402. The van der Waals surface area contributed by atoms with E-state index in [1.807, 2.05) is 52.0 Å². The van der Waals surface area contributed by atoms with E-state index in [9.17, 15) is 13.2 Å². The zero-order chi connectivity index (χ0) is 21.8. The van der Waals surface area contributed by atoms with Crippen LogP contribution in [0.1, 0.15) is 29.2 Å². The topological polar surface area (TPSA) is 75.7 Å². The Morgan fingerprint density at radius 1 is 1.03 bits per heavy atom. The van der Waals surface area contributed by atoms with Gasteiger partial charge in [0.05, 0.1) is 18.5 Å². The summed E-state index contributed by atoms with van der Waals surface area (Å²) in [6.07, 6.45) is 1.11. The van der Waals surface area contributed by atoms with Crippen molar-refractivity contribution in [3.05, 3.63) is 58.7 Å². The molecular formula is C22H30N2O4S. The standard InChI is InChI=1S/C22H30N2O4S/c1-15-7-8-18(4)21(14-15)28-10-9-23-22(25)19(5)24(29(6,26)27)20-12-16(2)11-17(3)13-20/h7-8,11-14,19H,9-10H2,1-6H3,(H,23,25)/t19-/m0/s1. The molecule has 29 heavy (non-hydrogen) atoms. The van der Waals surface area contributed by atoms with Gasteiger partial charge in [-0.05, 0) is 75.1 Å². The number of carbonyl (C=O) groups is 1. The fourth-order valence-electron chi connectivity index (χ4n) is 3.23. The van der Waals surface area contributed by atoms with Gasteiger partial charge < -0.3 is 10.1 Å². The number of sulfonamides is 1. The molecule has 7 heteroatoms. The third kappa shape index (κ3) is 6.22. The van der Waals surface area contributed by atoms with Crippen LogP contribution in [0, 0.1) is 27.7 Å². The maximum absolute atomic E-state index is 12.6. The zero-order valence-corrected chi connectivity index (χ0v) is 18.8. The van der Waals surface area contributed by atoms with Crippen molar-refractivity contribution in [1.82, 2.24) is 5.32 Å². The van der Waals surface area contributed by atoms with Crippen LogP contribution in [-0.2, 0) is 14.8 Å². The summed E-state index contributed by atoms with van der Waals surface area (Å²) in [5, 5.41) is 2.77. The Kier molecular flexibility index (Phi) is 7.30. The number of carbonyl (C=O) groups excluding carboxylic acids is 1. The SMILES string of the molecule is Cc1cc(C)cc(N([C@@H](C)C(=O)NCCOc2cc(C)ccc2C)S(C)(=O)=O)c1. The molecule has 0 bridgehead atoms. The van der Waals surface area contributed by atoms with Gasteiger partial charge in [0, 0.05) is 0 Å². The van der Waals surface area contributed by atoms with E-state index < -0.39 is 16.1 Å². The predicted octanol–water partition coefficient (Wildman–Crippen LogP) is 3.27. The summed E-state index contributed by atoms with van der Waals surface area (Å²) >= 11 is 0. The number of aryl methyl sites for hydroxylation is 4. The van der Waals surface area contributed by atoms with Crippen molar-refractivity contribution in [2.75, 3.05) is 23.7 Å². The summed E-state index contributed by atoms with van der Waals surface area (Å²) in [6, 6.07) is 10.6. The number of nitrogens with zero attached hydrogens (tertiary/aromatic N) is 1. The molecule has 2 rings (SSSR count). The molecule has 1 atom stereocenters. The molecule has 1 amide bonds. The lowest BCUT2D eigenvalue weighted by Gasteiger charge is -2.28. The minimum Gasteiger partial charge on any atom is -0.491 e. The highest BCUT2D eigenvalue weighted by Crippen LogP contribution is 2.24. The molecule has 2 aromatic rings. The van der Waals surface area contributed by atoms with Crippen molar-refractivity contribution in [3.63, 3.8) is 0 Å².